The van der Waals surface area contributed by atoms with Gasteiger partial charge in [-0.05, 0) is 58.0 Å². The zero-order valence-electron chi connectivity index (χ0n) is 15.5. The monoisotopic (exact) mass is 484 g/mol. The minimum Gasteiger partial charge on any atom is -0.493 e. The van der Waals surface area contributed by atoms with Crippen molar-refractivity contribution in [2.75, 3.05) is 28.4 Å². The third-order valence-electron chi connectivity index (χ3n) is 3.67. The Balaban J connectivity index is 2.02. The highest BCUT2D eigenvalue weighted by molar-refractivity contribution is 14.1. The molecule has 0 fully saturated rings. The van der Waals surface area contributed by atoms with Gasteiger partial charge in [-0.3, -0.25) is 4.79 Å². The molecular formula is C19H21IN2O5. The highest BCUT2D eigenvalue weighted by Gasteiger charge is 2.10. The van der Waals surface area contributed by atoms with Crippen LogP contribution in [0.3, 0.4) is 0 Å². The maximum absolute atomic E-state index is 12.1. The molecule has 0 saturated heterocycles. The number of carbonyl (C=O) groups excluding carboxylic acids is 1. The fraction of sp³-hybridized carbons (Fsp3) is 0.263. The van der Waals surface area contributed by atoms with Gasteiger partial charge in [0.1, 0.15) is 0 Å². The summed E-state index contributed by atoms with van der Waals surface area (Å²) < 4.78 is 21.9. The predicted molar refractivity (Wildman–Crippen MR) is 111 cm³/mol. The number of hydrogen-bond donors (Lipinski definition) is 1. The Morgan fingerprint density at radius 3 is 2.33 bits per heavy atom. The molecule has 0 spiro atoms. The predicted octanol–water partition coefficient (Wildman–Crippen LogP) is 3.02. The molecule has 0 aromatic heterocycles. The summed E-state index contributed by atoms with van der Waals surface area (Å²) in [6.45, 7) is 0. The fourth-order valence-corrected chi connectivity index (χ4v) is 3.25. The SMILES string of the molecule is COc1ccc(CC(=O)N/N=C/c2cc(I)c(OC)c(OC)c2)cc1OC. The molecule has 0 radical (unpaired) electrons. The van der Waals surface area contributed by atoms with Gasteiger partial charge in [-0.15, -0.1) is 0 Å². The van der Waals surface area contributed by atoms with E-state index in [-0.39, 0.29) is 12.3 Å². The summed E-state index contributed by atoms with van der Waals surface area (Å²) in [5, 5.41) is 4.01. The number of rotatable bonds is 8. The van der Waals surface area contributed by atoms with Crippen molar-refractivity contribution in [1.29, 1.82) is 0 Å². The van der Waals surface area contributed by atoms with Crippen molar-refractivity contribution < 1.29 is 23.7 Å². The first-order valence-electron chi connectivity index (χ1n) is 7.96. The lowest BCUT2D eigenvalue weighted by atomic mass is 10.1. The van der Waals surface area contributed by atoms with Crippen LogP contribution in [-0.4, -0.2) is 40.6 Å². The summed E-state index contributed by atoms with van der Waals surface area (Å²) in [5.74, 6) is 2.21. The van der Waals surface area contributed by atoms with Crippen molar-refractivity contribution in [3.63, 3.8) is 0 Å². The van der Waals surface area contributed by atoms with Crippen LogP contribution in [0.5, 0.6) is 23.0 Å². The molecule has 0 saturated carbocycles. The lowest BCUT2D eigenvalue weighted by Crippen LogP contribution is -2.19. The van der Waals surface area contributed by atoms with Gasteiger partial charge in [0.05, 0.1) is 44.6 Å². The number of halogens is 1. The van der Waals surface area contributed by atoms with Crippen LogP contribution in [0, 0.1) is 3.57 Å². The van der Waals surface area contributed by atoms with Crippen LogP contribution in [0.25, 0.3) is 0 Å². The Hall–Kier alpha value is -2.49. The lowest BCUT2D eigenvalue weighted by molar-refractivity contribution is -0.120. The molecule has 1 N–H and O–H groups in total. The molecule has 27 heavy (non-hydrogen) atoms. The molecule has 8 heteroatoms. The Labute approximate surface area is 171 Å². The third kappa shape index (κ3) is 5.49. The van der Waals surface area contributed by atoms with Crippen LogP contribution in [-0.2, 0) is 11.2 Å². The number of methoxy groups -OCH3 is 4. The van der Waals surface area contributed by atoms with Crippen molar-refractivity contribution >= 4 is 34.7 Å². The zero-order valence-corrected chi connectivity index (χ0v) is 17.7. The smallest absolute Gasteiger partial charge is 0.244 e. The summed E-state index contributed by atoms with van der Waals surface area (Å²) >= 11 is 2.15. The van der Waals surface area contributed by atoms with Gasteiger partial charge in [0, 0.05) is 0 Å². The van der Waals surface area contributed by atoms with Gasteiger partial charge in [-0.1, -0.05) is 6.07 Å². The van der Waals surface area contributed by atoms with E-state index in [9.17, 15) is 4.79 Å². The first-order valence-corrected chi connectivity index (χ1v) is 9.04. The van der Waals surface area contributed by atoms with Gasteiger partial charge >= 0.3 is 0 Å². The minimum absolute atomic E-state index is 0.168. The van der Waals surface area contributed by atoms with E-state index in [2.05, 4.69) is 33.1 Å². The molecule has 1 amide bonds. The first kappa shape index (κ1) is 20.8. The standard InChI is InChI=1S/C19H21IN2O5/c1-24-15-6-5-12(8-16(15)25-2)10-18(23)22-21-11-13-7-14(20)19(27-4)17(9-13)26-3/h5-9,11H,10H2,1-4H3,(H,22,23)/b21-11+. The number of hydrazone groups is 1. The van der Waals surface area contributed by atoms with Gasteiger partial charge < -0.3 is 18.9 Å². The molecule has 0 unspecified atom stereocenters. The molecule has 0 aliphatic carbocycles. The summed E-state index contributed by atoms with van der Waals surface area (Å²) in [6.07, 6.45) is 1.72. The number of ether oxygens (including phenoxy) is 4. The van der Waals surface area contributed by atoms with E-state index in [0.717, 1.165) is 14.7 Å². The van der Waals surface area contributed by atoms with Crippen molar-refractivity contribution in [3.05, 3.63) is 45.0 Å². The largest absolute Gasteiger partial charge is 0.493 e. The van der Waals surface area contributed by atoms with Crippen LogP contribution in [0.2, 0.25) is 0 Å². The van der Waals surface area contributed by atoms with E-state index in [4.69, 9.17) is 18.9 Å². The first-order chi connectivity index (χ1) is 13.0. The van der Waals surface area contributed by atoms with Crippen LogP contribution >= 0.6 is 22.6 Å². The van der Waals surface area contributed by atoms with Crippen LogP contribution < -0.4 is 24.4 Å². The average Bonchev–Trinajstić information content (AvgIpc) is 2.67. The molecule has 7 nitrogen and oxygen atoms in total. The van der Waals surface area contributed by atoms with Crippen LogP contribution in [0.15, 0.2) is 35.4 Å². The minimum atomic E-state index is -0.242. The molecule has 0 heterocycles. The fourth-order valence-electron chi connectivity index (χ4n) is 2.41. The van der Waals surface area contributed by atoms with E-state index < -0.39 is 0 Å². The number of amides is 1. The Morgan fingerprint density at radius 1 is 1.00 bits per heavy atom. The van der Waals surface area contributed by atoms with E-state index in [1.54, 1.807) is 58.9 Å². The molecule has 0 aliphatic rings. The molecule has 2 aromatic carbocycles. The highest BCUT2D eigenvalue weighted by Crippen LogP contribution is 2.33. The Morgan fingerprint density at radius 2 is 1.70 bits per heavy atom. The van der Waals surface area contributed by atoms with Gasteiger partial charge in [-0.25, -0.2) is 5.43 Å². The molecule has 0 bridgehead atoms. The van der Waals surface area contributed by atoms with E-state index >= 15 is 0 Å². The van der Waals surface area contributed by atoms with E-state index in [1.807, 2.05) is 6.07 Å². The molecule has 0 aliphatic heterocycles. The number of benzene rings is 2. The molecule has 2 aromatic rings. The van der Waals surface area contributed by atoms with Gasteiger partial charge in [0.25, 0.3) is 0 Å². The average molecular weight is 484 g/mol. The molecule has 2 rings (SSSR count). The molecule has 0 atom stereocenters. The number of carbonyl (C=O) groups is 1. The second kappa shape index (κ2) is 10.0. The van der Waals surface area contributed by atoms with E-state index in [0.29, 0.717) is 23.0 Å². The highest BCUT2D eigenvalue weighted by atomic mass is 127. The molecular weight excluding hydrogens is 463 g/mol. The van der Waals surface area contributed by atoms with Gasteiger partial charge in [-0.2, -0.15) is 5.10 Å². The summed E-state index contributed by atoms with van der Waals surface area (Å²) in [4.78, 5) is 12.1. The van der Waals surface area contributed by atoms with Crippen molar-refractivity contribution in [2.24, 2.45) is 5.10 Å². The van der Waals surface area contributed by atoms with Gasteiger partial charge in [0.2, 0.25) is 5.91 Å². The summed E-state index contributed by atoms with van der Waals surface area (Å²) in [6, 6.07) is 8.99. The Bertz CT molecular complexity index is 839. The zero-order chi connectivity index (χ0) is 19.8. The Kier molecular flexibility index (Phi) is 7.71. The maximum atomic E-state index is 12.1. The summed E-state index contributed by atoms with van der Waals surface area (Å²) in [7, 11) is 6.27. The normalized spacial score (nSPS) is 10.6. The quantitative estimate of drug-likeness (QED) is 0.354. The van der Waals surface area contributed by atoms with E-state index in [1.165, 1.54) is 0 Å². The van der Waals surface area contributed by atoms with Crippen LogP contribution in [0.1, 0.15) is 11.1 Å². The molecule has 144 valence electrons. The lowest BCUT2D eigenvalue weighted by Gasteiger charge is -2.10. The maximum Gasteiger partial charge on any atom is 0.244 e. The third-order valence-corrected chi connectivity index (χ3v) is 4.47. The number of nitrogens with one attached hydrogen (secondary N) is 1. The number of hydrogen-bond acceptors (Lipinski definition) is 6. The van der Waals surface area contributed by atoms with Gasteiger partial charge in [0.15, 0.2) is 23.0 Å². The van der Waals surface area contributed by atoms with Crippen molar-refractivity contribution in [2.45, 2.75) is 6.42 Å². The van der Waals surface area contributed by atoms with Crippen molar-refractivity contribution in [1.82, 2.24) is 5.43 Å². The topological polar surface area (TPSA) is 78.4 Å². The van der Waals surface area contributed by atoms with Crippen LogP contribution in [0.4, 0.5) is 0 Å². The summed E-state index contributed by atoms with van der Waals surface area (Å²) in [5.41, 5.74) is 4.09. The second-order valence-electron chi connectivity index (χ2n) is 5.40. The number of nitrogens with zero attached hydrogens (tertiary/aromatic N) is 1. The van der Waals surface area contributed by atoms with Crippen molar-refractivity contribution in [3.8, 4) is 23.0 Å². The second-order valence-corrected chi connectivity index (χ2v) is 6.56.